The highest BCUT2D eigenvalue weighted by atomic mass is 32.2. The molecule has 0 aliphatic carbocycles. The molecule has 33 heavy (non-hydrogen) atoms. The van der Waals surface area contributed by atoms with Crippen molar-refractivity contribution in [2.24, 2.45) is 5.73 Å². The normalized spacial score (nSPS) is 15.4. The Balaban J connectivity index is 1.78. The molecule has 1 aromatic heterocycles. The molecular formula is C23H23FN4O4S. The minimum Gasteiger partial charge on any atom is -0.490 e. The van der Waals surface area contributed by atoms with Gasteiger partial charge in [0.2, 0.25) is 5.91 Å². The van der Waals surface area contributed by atoms with Crippen molar-refractivity contribution in [3.8, 4) is 17.2 Å². The van der Waals surface area contributed by atoms with E-state index in [0.29, 0.717) is 29.6 Å². The van der Waals surface area contributed by atoms with Gasteiger partial charge in [-0.2, -0.15) is 5.10 Å². The molecule has 0 saturated carbocycles. The molecule has 172 valence electrons. The number of nitrogens with one attached hydrogen (secondary N) is 1. The number of fused-ring (bicyclic) bond motifs is 1. The third-order valence-corrected chi connectivity index (χ3v) is 6.29. The number of carbonyl (C=O) groups excluding carboxylic acids is 2. The van der Waals surface area contributed by atoms with Crippen molar-refractivity contribution in [1.82, 2.24) is 9.78 Å². The average Bonchev–Trinajstić information content (AvgIpc) is 2.98. The van der Waals surface area contributed by atoms with Crippen LogP contribution in [0.3, 0.4) is 0 Å². The number of nitrogens with zero attached hydrogens (tertiary/aromatic N) is 2. The first-order valence-corrected chi connectivity index (χ1v) is 11.4. The summed E-state index contributed by atoms with van der Waals surface area (Å²) in [5, 5.41) is 7.35. The number of carbonyl (C=O) groups is 2. The molecule has 0 saturated heterocycles. The van der Waals surface area contributed by atoms with E-state index in [-0.39, 0.29) is 29.3 Å². The zero-order valence-electron chi connectivity index (χ0n) is 18.1. The zero-order chi connectivity index (χ0) is 23.5. The average molecular weight is 471 g/mol. The largest absolute Gasteiger partial charge is 0.490 e. The molecule has 3 aromatic rings. The number of halogens is 1. The molecule has 0 spiro atoms. The Morgan fingerprint density at radius 1 is 1.24 bits per heavy atom. The van der Waals surface area contributed by atoms with Crippen LogP contribution in [0.25, 0.3) is 5.69 Å². The van der Waals surface area contributed by atoms with Gasteiger partial charge < -0.3 is 20.5 Å². The van der Waals surface area contributed by atoms with Crippen LogP contribution in [0.2, 0.25) is 0 Å². The standard InChI is InChI=1S/C23H23FN4O4S/c1-3-31-18-10-14(4-9-17(18)32-11-19(25)29)22-21-13(2)27-28(16-7-5-15(24)6-8-16)23(21)26-20(30)12-33-22/h4-10,22H,3,11-12H2,1-2H3,(H2,25,29)(H,26,30). The summed E-state index contributed by atoms with van der Waals surface area (Å²) in [5.41, 5.74) is 8.30. The quantitative estimate of drug-likeness (QED) is 0.548. The number of nitrogens with two attached hydrogens (primary N) is 1. The predicted molar refractivity (Wildman–Crippen MR) is 123 cm³/mol. The molecule has 1 unspecified atom stereocenters. The van der Waals surface area contributed by atoms with Crippen molar-refractivity contribution >= 4 is 29.4 Å². The van der Waals surface area contributed by atoms with Crippen LogP contribution in [0.1, 0.15) is 29.0 Å². The van der Waals surface area contributed by atoms with Gasteiger partial charge in [-0.3, -0.25) is 9.59 Å². The number of hydrogen-bond acceptors (Lipinski definition) is 6. The molecule has 1 aliphatic heterocycles. The van der Waals surface area contributed by atoms with Gasteiger partial charge in [0.05, 0.1) is 29.0 Å². The number of aryl methyl sites for hydroxylation is 1. The number of benzene rings is 2. The molecule has 0 bridgehead atoms. The maximum atomic E-state index is 13.4. The molecule has 1 aliphatic rings. The van der Waals surface area contributed by atoms with E-state index in [1.165, 1.54) is 23.9 Å². The Hall–Kier alpha value is -3.53. The van der Waals surface area contributed by atoms with Gasteiger partial charge in [-0.25, -0.2) is 9.07 Å². The highest BCUT2D eigenvalue weighted by Gasteiger charge is 2.31. The van der Waals surface area contributed by atoms with Crippen molar-refractivity contribution in [2.45, 2.75) is 19.1 Å². The molecule has 3 N–H and O–H groups in total. The Morgan fingerprint density at radius 2 is 2.00 bits per heavy atom. The second-order valence-corrected chi connectivity index (χ2v) is 8.46. The summed E-state index contributed by atoms with van der Waals surface area (Å²) in [6, 6.07) is 11.4. The fourth-order valence-electron chi connectivity index (χ4n) is 3.64. The van der Waals surface area contributed by atoms with Crippen LogP contribution in [0.4, 0.5) is 10.2 Å². The number of thioether (sulfide) groups is 1. The molecule has 2 amide bonds. The van der Waals surface area contributed by atoms with Crippen molar-refractivity contribution in [2.75, 3.05) is 24.3 Å². The molecule has 8 nitrogen and oxygen atoms in total. The summed E-state index contributed by atoms with van der Waals surface area (Å²) in [6.07, 6.45) is 0. The van der Waals surface area contributed by atoms with Crippen LogP contribution in [-0.2, 0) is 9.59 Å². The van der Waals surface area contributed by atoms with E-state index < -0.39 is 5.91 Å². The van der Waals surface area contributed by atoms with E-state index in [1.54, 1.807) is 22.9 Å². The number of rotatable bonds is 7. The number of hydrogen-bond donors (Lipinski definition) is 2. The first kappa shape index (κ1) is 22.7. The van der Waals surface area contributed by atoms with Gasteiger partial charge in [-0.1, -0.05) is 6.07 Å². The van der Waals surface area contributed by atoms with Crippen LogP contribution in [-0.4, -0.2) is 40.6 Å². The highest BCUT2D eigenvalue weighted by Crippen LogP contribution is 2.45. The molecule has 2 aromatic carbocycles. The smallest absolute Gasteiger partial charge is 0.255 e. The summed E-state index contributed by atoms with van der Waals surface area (Å²) in [4.78, 5) is 23.6. The second-order valence-electron chi connectivity index (χ2n) is 7.37. The SMILES string of the molecule is CCOc1cc(C2SCC(=O)Nc3c2c(C)nn3-c2ccc(F)cc2)ccc1OCC(N)=O. The Morgan fingerprint density at radius 3 is 2.70 bits per heavy atom. The number of aromatic nitrogens is 2. The maximum absolute atomic E-state index is 13.4. The van der Waals surface area contributed by atoms with Crippen molar-refractivity contribution in [3.63, 3.8) is 0 Å². The summed E-state index contributed by atoms with van der Waals surface area (Å²) in [5.74, 6) is 0.583. The van der Waals surface area contributed by atoms with E-state index in [4.69, 9.17) is 15.2 Å². The van der Waals surface area contributed by atoms with Crippen molar-refractivity contribution in [1.29, 1.82) is 0 Å². The van der Waals surface area contributed by atoms with Crippen LogP contribution in [0.5, 0.6) is 11.5 Å². The Kier molecular flexibility index (Phi) is 6.55. The lowest BCUT2D eigenvalue weighted by Gasteiger charge is -2.18. The second kappa shape index (κ2) is 9.53. The Bertz CT molecular complexity index is 1200. The summed E-state index contributed by atoms with van der Waals surface area (Å²) in [6.45, 7) is 3.87. The zero-order valence-corrected chi connectivity index (χ0v) is 18.9. The van der Waals surface area contributed by atoms with Crippen LogP contribution < -0.4 is 20.5 Å². The van der Waals surface area contributed by atoms with Crippen LogP contribution >= 0.6 is 11.8 Å². The van der Waals surface area contributed by atoms with E-state index in [1.807, 2.05) is 26.0 Å². The molecule has 0 fully saturated rings. The molecule has 2 heterocycles. The molecule has 1 atom stereocenters. The number of ether oxygens (including phenoxy) is 2. The molecule has 0 radical (unpaired) electrons. The first-order chi connectivity index (χ1) is 15.9. The van der Waals surface area contributed by atoms with E-state index in [0.717, 1.165) is 16.8 Å². The lowest BCUT2D eigenvalue weighted by atomic mass is 10.0. The monoisotopic (exact) mass is 470 g/mol. The van der Waals surface area contributed by atoms with Gasteiger partial charge in [0.15, 0.2) is 18.1 Å². The lowest BCUT2D eigenvalue weighted by Crippen LogP contribution is -2.20. The van der Waals surface area contributed by atoms with Gasteiger partial charge in [-0.05, 0) is 55.8 Å². The van der Waals surface area contributed by atoms with Gasteiger partial charge in [0.1, 0.15) is 11.6 Å². The van der Waals surface area contributed by atoms with Crippen molar-refractivity contribution < 1.29 is 23.5 Å². The van der Waals surface area contributed by atoms with Gasteiger partial charge in [0, 0.05) is 5.56 Å². The highest BCUT2D eigenvalue weighted by molar-refractivity contribution is 8.00. The van der Waals surface area contributed by atoms with Gasteiger partial charge >= 0.3 is 0 Å². The fourth-order valence-corrected chi connectivity index (χ4v) is 4.82. The maximum Gasteiger partial charge on any atom is 0.255 e. The summed E-state index contributed by atoms with van der Waals surface area (Å²) >= 11 is 1.47. The topological polar surface area (TPSA) is 108 Å². The first-order valence-electron chi connectivity index (χ1n) is 10.3. The van der Waals surface area contributed by atoms with Crippen LogP contribution in [0, 0.1) is 12.7 Å². The lowest BCUT2D eigenvalue weighted by molar-refractivity contribution is -0.120. The Labute approximate surface area is 194 Å². The summed E-state index contributed by atoms with van der Waals surface area (Å²) in [7, 11) is 0. The minimum absolute atomic E-state index is 0.154. The molecule has 4 rings (SSSR count). The van der Waals surface area contributed by atoms with Crippen molar-refractivity contribution in [3.05, 3.63) is 65.1 Å². The number of amides is 2. The third-order valence-electron chi connectivity index (χ3n) is 5.02. The fraction of sp³-hybridized carbons (Fsp3) is 0.261. The third kappa shape index (κ3) is 4.80. The molecule has 10 heteroatoms. The number of anilines is 1. The molecular weight excluding hydrogens is 447 g/mol. The van der Waals surface area contributed by atoms with Gasteiger partial charge in [-0.15, -0.1) is 11.8 Å². The van der Waals surface area contributed by atoms with Gasteiger partial charge in [0.25, 0.3) is 5.91 Å². The predicted octanol–water partition coefficient (Wildman–Crippen LogP) is 3.36. The summed E-state index contributed by atoms with van der Waals surface area (Å²) < 4.78 is 26.3. The van der Waals surface area contributed by atoms with E-state index in [2.05, 4.69) is 10.4 Å². The number of primary amides is 1. The van der Waals surface area contributed by atoms with E-state index in [9.17, 15) is 14.0 Å². The minimum atomic E-state index is -0.584. The van der Waals surface area contributed by atoms with Crippen LogP contribution in [0.15, 0.2) is 42.5 Å². The van der Waals surface area contributed by atoms with E-state index >= 15 is 0 Å².